The lowest BCUT2D eigenvalue weighted by atomic mass is 10.2. The molecule has 0 fully saturated rings. The van der Waals surface area contributed by atoms with Crippen LogP contribution in [-0.4, -0.2) is 18.6 Å². The highest BCUT2D eigenvalue weighted by molar-refractivity contribution is 7.93. The normalized spacial score (nSPS) is 11.5. The lowest BCUT2D eigenvalue weighted by molar-refractivity contribution is 0.483. The Morgan fingerprint density at radius 1 is 1.37 bits per heavy atom. The zero-order valence-electron chi connectivity index (χ0n) is 9.30. The van der Waals surface area contributed by atoms with Gasteiger partial charge in [-0.1, -0.05) is 11.3 Å². The Kier molecular flexibility index (Phi) is 3.73. The fourth-order valence-electron chi connectivity index (χ4n) is 1.32. The molecule has 0 spiro atoms. The predicted molar refractivity (Wildman–Crippen MR) is 65.0 cm³/mol. The summed E-state index contributed by atoms with van der Waals surface area (Å²) in [7, 11) is -4.28. The Balaban J connectivity index is 2.48. The number of rotatable bonds is 4. The van der Waals surface area contributed by atoms with Crippen LogP contribution < -0.4 is 10.5 Å². The van der Waals surface area contributed by atoms with E-state index in [1.54, 1.807) is 0 Å². The molecule has 19 heavy (non-hydrogen) atoms. The van der Waals surface area contributed by atoms with Gasteiger partial charge in [0.15, 0.2) is 11.6 Å². The van der Waals surface area contributed by atoms with Crippen molar-refractivity contribution in [3.63, 3.8) is 0 Å². The van der Waals surface area contributed by atoms with Crippen LogP contribution in [0.5, 0.6) is 0 Å². The molecule has 102 valence electrons. The van der Waals surface area contributed by atoms with Crippen molar-refractivity contribution in [3.8, 4) is 0 Å². The van der Waals surface area contributed by atoms with E-state index in [-0.39, 0.29) is 17.2 Å². The number of anilines is 1. The maximum absolute atomic E-state index is 13.6. The van der Waals surface area contributed by atoms with Crippen LogP contribution in [0.4, 0.5) is 13.9 Å². The van der Waals surface area contributed by atoms with Crippen LogP contribution in [0.1, 0.15) is 5.56 Å². The van der Waals surface area contributed by atoms with Crippen LogP contribution in [0.25, 0.3) is 0 Å². The first kappa shape index (κ1) is 13.8. The number of nitrogens with zero attached hydrogens (tertiary/aromatic N) is 2. The molecule has 3 N–H and O–H groups in total. The summed E-state index contributed by atoms with van der Waals surface area (Å²) in [5, 5.41) is 6.84. The number of benzene rings is 1. The molecule has 1 aromatic heterocycles. The minimum atomic E-state index is -4.28. The van der Waals surface area contributed by atoms with Gasteiger partial charge in [-0.15, -0.1) is 10.2 Å². The van der Waals surface area contributed by atoms with Crippen LogP contribution >= 0.6 is 11.3 Å². The topological polar surface area (TPSA) is 98.0 Å². The summed E-state index contributed by atoms with van der Waals surface area (Å²) in [6.45, 7) is -0.113. The standard InChI is InChI=1S/C9H8F2N4O2S2/c10-6-1-5(3-12)2-7(8(6)11)19(16,17)15-9-14-13-4-18-9/h1-2,4H,3,12H2,(H,14,15). The first-order chi connectivity index (χ1) is 8.94. The lowest BCUT2D eigenvalue weighted by Gasteiger charge is -2.08. The van der Waals surface area contributed by atoms with E-state index in [1.807, 2.05) is 4.72 Å². The molecule has 0 unspecified atom stereocenters. The second-order valence-electron chi connectivity index (χ2n) is 3.44. The van der Waals surface area contributed by atoms with Gasteiger partial charge in [-0.2, -0.15) is 0 Å². The second kappa shape index (κ2) is 5.15. The van der Waals surface area contributed by atoms with Gasteiger partial charge in [0.2, 0.25) is 5.13 Å². The number of halogens is 2. The monoisotopic (exact) mass is 306 g/mol. The van der Waals surface area contributed by atoms with Gasteiger partial charge in [0.05, 0.1) is 0 Å². The summed E-state index contributed by atoms with van der Waals surface area (Å²) in [5.41, 5.74) is 6.75. The molecule has 0 aliphatic rings. The van der Waals surface area contributed by atoms with Gasteiger partial charge >= 0.3 is 0 Å². The molecule has 6 nitrogen and oxygen atoms in total. The quantitative estimate of drug-likeness (QED) is 0.880. The summed E-state index contributed by atoms with van der Waals surface area (Å²) in [6.07, 6.45) is 0. The zero-order chi connectivity index (χ0) is 14.0. The lowest BCUT2D eigenvalue weighted by Crippen LogP contribution is -2.16. The van der Waals surface area contributed by atoms with Crippen molar-refractivity contribution >= 4 is 26.5 Å². The van der Waals surface area contributed by atoms with E-state index in [0.29, 0.717) is 0 Å². The smallest absolute Gasteiger partial charge is 0.266 e. The fourth-order valence-corrected chi connectivity index (χ4v) is 3.15. The van der Waals surface area contributed by atoms with E-state index in [0.717, 1.165) is 23.5 Å². The molecule has 0 amide bonds. The summed E-state index contributed by atoms with van der Waals surface area (Å²) in [4.78, 5) is -0.817. The Morgan fingerprint density at radius 3 is 2.68 bits per heavy atom. The van der Waals surface area contributed by atoms with E-state index in [2.05, 4.69) is 10.2 Å². The van der Waals surface area contributed by atoms with E-state index in [1.165, 1.54) is 5.51 Å². The highest BCUT2D eigenvalue weighted by Crippen LogP contribution is 2.22. The average molecular weight is 306 g/mol. The molecular weight excluding hydrogens is 298 g/mol. The SMILES string of the molecule is NCc1cc(F)c(F)c(S(=O)(=O)Nc2nncs2)c1. The first-order valence-electron chi connectivity index (χ1n) is 4.91. The minimum Gasteiger partial charge on any atom is -0.326 e. The molecule has 0 saturated carbocycles. The highest BCUT2D eigenvalue weighted by Gasteiger charge is 2.23. The minimum absolute atomic E-state index is 0.0436. The van der Waals surface area contributed by atoms with Crippen molar-refractivity contribution < 1.29 is 17.2 Å². The molecule has 2 aromatic rings. The molecule has 1 aromatic carbocycles. The van der Waals surface area contributed by atoms with Gasteiger partial charge in [0.1, 0.15) is 10.4 Å². The highest BCUT2D eigenvalue weighted by atomic mass is 32.2. The third-order valence-electron chi connectivity index (χ3n) is 2.16. The molecule has 0 aliphatic carbocycles. The maximum atomic E-state index is 13.6. The summed E-state index contributed by atoms with van der Waals surface area (Å²) < 4.78 is 52.7. The van der Waals surface area contributed by atoms with Crippen molar-refractivity contribution in [2.75, 3.05) is 4.72 Å². The zero-order valence-corrected chi connectivity index (χ0v) is 10.9. The molecule has 0 bridgehead atoms. The third-order valence-corrected chi connectivity index (χ3v) is 4.24. The number of hydrogen-bond donors (Lipinski definition) is 2. The number of nitrogens with two attached hydrogens (primary N) is 1. The Labute approximate surface area is 111 Å². The van der Waals surface area contributed by atoms with Gasteiger partial charge in [0, 0.05) is 6.54 Å². The van der Waals surface area contributed by atoms with Crippen LogP contribution in [0.2, 0.25) is 0 Å². The third kappa shape index (κ3) is 2.85. The Morgan fingerprint density at radius 2 is 2.11 bits per heavy atom. The maximum Gasteiger partial charge on any atom is 0.266 e. The summed E-state index contributed by atoms with van der Waals surface area (Å²) in [6, 6.07) is 1.82. The van der Waals surface area contributed by atoms with Gasteiger partial charge in [-0.25, -0.2) is 17.2 Å². The van der Waals surface area contributed by atoms with Gasteiger partial charge < -0.3 is 5.73 Å². The van der Waals surface area contributed by atoms with E-state index in [9.17, 15) is 17.2 Å². The van der Waals surface area contributed by atoms with Crippen molar-refractivity contribution in [2.24, 2.45) is 5.73 Å². The molecule has 1 heterocycles. The number of aromatic nitrogens is 2. The largest absolute Gasteiger partial charge is 0.326 e. The fraction of sp³-hybridized carbons (Fsp3) is 0.111. The molecule has 2 rings (SSSR count). The van der Waals surface area contributed by atoms with Gasteiger partial charge in [-0.05, 0) is 17.7 Å². The van der Waals surface area contributed by atoms with Crippen molar-refractivity contribution in [1.29, 1.82) is 0 Å². The molecule has 0 saturated heterocycles. The first-order valence-corrected chi connectivity index (χ1v) is 7.27. The van der Waals surface area contributed by atoms with Crippen molar-refractivity contribution in [2.45, 2.75) is 11.4 Å². The molecule has 10 heteroatoms. The van der Waals surface area contributed by atoms with E-state index in [4.69, 9.17) is 5.73 Å². The van der Waals surface area contributed by atoms with E-state index >= 15 is 0 Å². The number of nitrogens with one attached hydrogen (secondary N) is 1. The Bertz CT molecular complexity index is 688. The van der Waals surface area contributed by atoms with Crippen molar-refractivity contribution in [1.82, 2.24) is 10.2 Å². The molecule has 0 aliphatic heterocycles. The van der Waals surface area contributed by atoms with Gasteiger partial charge in [0.25, 0.3) is 10.0 Å². The van der Waals surface area contributed by atoms with E-state index < -0.39 is 26.6 Å². The number of hydrogen-bond acceptors (Lipinski definition) is 6. The molecular formula is C9H8F2N4O2S2. The predicted octanol–water partition coefficient (Wildman–Crippen LogP) is 1.08. The summed E-state index contributed by atoms with van der Waals surface area (Å²) >= 11 is 0.911. The Hall–Kier alpha value is -1.65. The average Bonchev–Trinajstić information content (AvgIpc) is 2.84. The summed E-state index contributed by atoms with van der Waals surface area (Å²) in [5.74, 6) is -2.74. The van der Waals surface area contributed by atoms with Crippen LogP contribution in [0, 0.1) is 11.6 Å². The van der Waals surface area contributed by atoms with Crippen LogP contribution in [0.15, 0.2) is 22.5 Å². The van der Waals surface area contributed by atoms with Gasteiger partial charge in [-0.3, -0.25) is 4.72 Å². The van der Waals surface area contributed by atoms with Crippen LogP contribution in [-0.2, 0) is 16.6 Å². The van der Waals surface area contributed by atoms with Crippen molar-refractivity contribution in [3.05, 3.63) is 34.8 Å². The molecule has 0 atom stereocenters. The second-order valence-corrected chi connectivity index (χ2v) is 5.93. The number of sulfonamides is 1. The molecule has 0 radical (unpaired) electrons. The van der Waals surface area contributed by atoms with Crippen LogP contribution in [0.3, 0.4) is 0 Å².